The number of nitrogen functional groups attached to an aromatic ring is 1. The number of nitrogens with two attached hydrogens (primary N) is 1. The summed E-state index contributed by atoms with van der Waals surface area (Å²) in [6.45, 7) is 3.72. The molecule has 2 aromatic heterocycles. The van der Waals surface area contributed by atoms with Gasteiger partial charge in [0.05, 0.1) is 23.6 Å². The smallest absolute Gasteiger partial charge is 0.245 e. The van der Waals surface area contributed by atoms with Crippen LogP contribution in [0.2, 0.25) is 0 Å². The molecular weight excluding hydrogens is 432 g/mol. The second-order valence-electron chi connectivity index (χ2n) is 8.17. The molecule has 1 atom stereocenters. The molecule has 0 bridgehead atoms. The van der Waals surface area contributed by atoms with Crippen LogP contribution in [0, 0.1) is 0 Å². The molecule has 1 aliphatic carbocycles. The zero-order valence-electron chi connectivity index (χ0n) is 18.7. The Hall–Kier alpha value is -4.14. The first-order chi connectivity index (χ1) is 16.7. The number of likely N-dealkylation sites (tertiary alicyclic amines) is 1. The second-order valence-corrected chi connectivity index (χ2v) is 8.17. The van der Waals surface area contributed by atoms with Crippen LogP contribution in [0.25, 0.3) is 11.4 Å². The monoisotopic (exact) mass is 458 g/mol. The molecule has 5 rings (SSSR count). The maximum atomic E-state index is 11.6. The maximum Gasteiger partial charge on any atom is 0.245 e. The number of benzene rings is 1. The molecule has 0 amide bonds. The molecule has 1 fully saturated rings. The van der Waals surface area contributed by atoms with E-state index in [0.29, 0.717) is 23.9 Å². The summed E-state index contributed by atoms with van der Waals surface area (Å²) in [7, 11) is 0. The largest absolute Gasteiger partial charge is 0.492 e. The molecule has 34 heavy (non-hydrogen) atoms. The Labute approximate surface area is 197 Å². The van der Waals surface area contributed by atoms with Crippen molar-refractivity contribution in [3.8, 4) is 11.4 Å². The van der Waals surface area contributed by atoms with Crippen LogP contribution in [0.15, 0.2) is 72.5 Å². The van der Waals surface area contributed by atoms with E-state index >= 15 is 0 Å². The van der Waals surface area contributed by atoms with Crippen molar-refractivity contribution in [1.29, 1.82) is 0 Å². The van der Waals surface area contributed by atoms with E-state index in [1.807, 2.05) is 53.1 Å². The molecule has 1 saturated heterocycles. The van der Waals surface area contributed by atoms with Gasteiger partial charge in [-0.05, 0) is 62.3 Å². The summed E-state index contributed by atoms with van der Waals surface area (Å²) in [6.07, 6.45) is 13.2. The zero-order valence-corrected chi connectivity index (χ0v) is 18.7. The molecule has 2 aliphatic rings. The Bertz CT molecular complexity index is 1230. The van der Waals surface area contributed by atoms with E-state index in [-0.39, 0.29) is 5.95 Å². The Morgan fingerprint density at radius 3 is 2.71 bits per heavy atom. The van der Waals surface area contributed by atoms with Crippen molar-refractivity contribution in [2.75, 3.05) is 37.3 Å². The van der Waals surface area contributed by atoms with Crippen LogP contribution in [0.1, 0.15) is 12.8 Å². The summed E-state index contributed by atoms with van der Waals surface area (Å²) in [5, 5.41) is 7.60. The van der Waals surface area contributed by atoms with Crippen molar-refractivity contribution >= 4 is 17.8 Å². The number of hydrogen-bond acceptors (Lipinski definition) is 8. The van der Waals surface area contributed by atoms with Gasteiger partial charge in [0.15, 0.2) is 0 Å². The van der Waals surface area contributed by atoms with Crippen molar-refractivity contribution in [1.82, 2.24) is 29.2 Å². The summed E-state index contributed by atoms with van der Waals surface area (Å²) in [5.41, 5.74) is 8.25. The number of carbonyl (C=O) groups excluding carboxylic acids is 1. The lowest BCUT2D eigenvalue weighted by molar-refractivity contribution is 0.179. The minimum Gasteiger partial charge on any atom is -0.492 e. The number of ether oxygens (including phenoxy) is 1. The molecule has 0 saturated carbocycles. The number of rotatable bonds is 8. The van der Waals surface area contributed by atoms with Crippen LogP contribution < -0.4 is 11.1 Å². The van der Waals surface area contributed by atoms with Crippen molar-refractivity contribution in [3.05, 3.63) is 72.5 Å². The Kier molecular flexibility index (Phi) is 6.24. The first-order valence-corrected chi connectivity index (χ1v) is 11.3. The highest BCUT2D eigenvalue weighted by molar-refractivity contribution is 5.65. The van der Waals surface area contributed by atoms with Gasteiger partial charge in [0.2, 0.25) is 11.9 Å². The third kappa shape index (κ3) is 4.78. The van der Waals surface area contributed by atoms with E-state index in [2.05, 4.69) is 25.3 Å². The van der Waals surface area contributed by atoms with Crippen LogP contribution in [-0.2, 0) is 9.53 Å². The van der Waals surface area contributed by atoms with Gasteiger partial charge in [-0.25, -0.2) is 9.78 Å². The first-order valence-electron chi connectivity index (χ1n) is 11.3. The lowest BCUT2D eigenvalue weighted by Crippen LogP contribution is -2.25. The molecular formula is C24H26N8O2. The van der Waals surface area contributed by atoms with E-state index in [0.717, 1.165) is 31.0 Å². The highest BCUT2D eigenvalue weighted by Gasteiger charge is 2.20. The lowest BCUT2D eigenvalue weighted by atomic mass is 10.0. The molecule has 1 unspecified atom stereocenters. The first kappa shape index (κ1) is 21.7. The predicted molar refractivity (Wildman–Crippen MR) is 128 cm³/mol. The summed E-state index contributed by atoms with van der Waals surface area (Å²) < 4.78 is 9.28. The van der Waals surface area contributed by atoms with Crippen LogP contribution in [-0.4, -0.2) is 67.4 Å². The van der Waals surface area contributed by atoms with Gasteiger partial charge in [0.1, 0.15) is 18.3 Å². The topological polar surface area (TPSA) is 116 Å². The van der Waals surface area contributed by atoms with Crippen LogP contribution in [0.5, 0.6) is 0 Å². The number of aromatic nitrogens is 5. The molecule has 1 aliphatic heterocycles. The highest BCUT2D eigenvalue weighted by atomic mass is 16.5. The van der Waals surface area contributed by atoms with Gasteiger partial charge in [0.25, 0.3) is 0 Å². The third-order valence-electron chi connectivity index (χ3n) is 5.89. The molecule has 10 heteroatoms. The Morgan fingerprint density at radius 1 is 1.18 bits per heavy atom. The van der Waals surface area contributed by atoms with Gasteiger partial charge in [-0.2, -0.15) is 9.67 Å². The molecule has 3 aromatic rings. The molecule has 1 aromatic carbocycles. The number of nitrogens with zero attached hydrogens (tertiary/aromatic N) is 6. The Balaban J connectivity index is 1.22. The van der Waals surface area contributed by atoms with Crippen LogP contribution >= 0.6 is 0 Å². The third-order valence-corrected chi connectivity index (χ3v) is 5.89. The fourth-order valence-electron chi connectivity index (χ4n) is 4.09. The lowest BCUT2D eigenvalue weighted by Gasteiger charge is -2.19. The number of hydrogen-bond donors (Lipinski definition) is 2. The molecule has 0 radical (unpaired) electrons. The number of allylic oxidation sites excluding steroid dienone is 1. The fraction of sp³-hybridized carbons (Fsp3) is 0.292. The zero-order chi connectivity index (χ0) is 23.3. The molecule has 174 valence electrons. The summed E-state index contributed by atoms with van der Waals surface area (Å²) in [4.78, 5) is 22.3. The van der Waals surface area contributed by atoms with Gasteiger partial charge >= 0.3 is 0 Å². The molecule has 3 heterocycles. The average molecular weight is 459 g/mol. The van der Waals surface area contributed by atoms with E-state index in [4.69, 9.17) is 10.5 Å². The van der Waals surface area contributed by atoms with Crippen LogP contribution in [0.4, 0.5) is 11.9 Å². The number of nitrogens with one attached hydrogen (secondary N) is 1. The minimum absolute atomic E-state index is 0.232. The average Bonchev–Trinajstić information content (AvgIpc) is 3.63. The van der Waals surface area contributed by atoms with E-state index in [1.165, 1.54) is 12.8 Å². The normalized spacial score (nSPS) is 18.1. The number of anilines is 2. The molecule has 10 nitrogen and oxygen atoms in total. The van der Waals surface area contributed by atoms with Gasteiger partial charge in [-0.3, -0.25) is 4.90 Å². The van der Waals surface area contributed by atoms with Gasteiger partial charge < -0.3 is 20.4 Å². The minimum atomic E-state index is -0.428. The summed E-state index contributed by atoms with van der Waals surface area (Å²) >= 11 is 0. The molecule has 0 spiro atoms. The van der Waals surface area contributed by atoms with Gasteiger partial charge in [0, 0.05) is 24.6 Å². The second kappa shape index (κ2) is 9.78. The quantitative estimate of drug-likeness (QED) is 0.493. The predicted octanol–water partition coefficient (Wildman–Crippen LogP) is 2.14. The standard InChI is InChI=1S/C24H26N8O2/c25-23-28-24(29-32(23)20-5-3-19(4-6-20)31-12-9-26-17-31)27-22-8-7-21(15-18(22)16-33)34-14-13-30-10-1-2-11-30/h3-9,12,15,17,22H,1-2,10-11,13-14H2,(H3,25,27,28,29). The van der Waals surface area contributed by atoms with E-state index in [1.54, 1.807) is 23.3 Å². The van der Waals surface area contributed by atoms with E-state index < -0.39 is 6.04 Å². The van der Waals surface area contributed by atoms with Crippen LogP contribution in [0.3, 0.4) is 0 Å². The maximum absolute atomic E-state index is 11.6. The van der Waals surface area contributed by atoms with Crippen molar-refractivity contribution < 1.29 is 9.53 Å². The SMILES string of the molecule is Nc1nc(NC2C=CC(OCCN3CCCC3)=CC2=C=O)nn1-c1ccc(-n2ccnc2)cc1. The van der Waals surface area contributed by atoms with Gasteiger partial charge in [-0.15, -0.1) is 5.10 Å². The number of imidazole rings is 1. The van der Waals surface area contributed by atoms with Crippen molar-refractivity contribution in [2.45, 2.75) is 18.9 Å². The van der Waals surface area contributed by atoms with Gasteiger partial charge in [-0.1, -0.05) is 6.08 Å². The highest BCUT2D eigenvalue weighted by Crippen LogP contribution is 2.21. The van der Waals surface area contributed by atoms with Crippen molar-refractivity contribution in [2.24, 2.45) is 0 Å². The molecule has 3 N–H and O–H groups in total. The summed E-state index contributed by atoms with van der Waals surface area (Å²) in [5.74, 6) is 3.18. The summed E-state index contributed by atoms with van der Waals surface area (Å²) in [6, 6.07) is 7.25. The Morgan fingerprint density at radius 2 is 1.97 bits per heavy atom. The van der Waals surface area contributed by atoms with E-state index in [9.17, 15) is 4.79 Å². The fourth-order valence-corrected chi connectivity index (χ4v) is 4.09. The van der Waals surface area contributed by atoms with Crippen molar-refractivity contribution in [3.63, 3.8) is 0 Å².